The number of amides is 1. The molecule has 1 fully saturated rings. The summed E-state index contributed by atoms with van der Waals surface area (Å²) in [5, 5.41) is 2.97. The highest BCUT2D eigenvalue weighted by molar-refractivity contribution is 5.94. The molecule has 0 bridgehead atoms. The van der Waals surface area contributed by atoms with Gasteiger partial charge in [-0.05, 0) is 43.5 Å². The van der Waals surface area contributed by atoms with Crippen molar-refractivity contribution in [2.24, 2.45) is 11.7 Å². The van der Waals surface area contributed by atoms with E-state index in [0.717, 1.165) is 19.3 Å². The number of nitrogens with two attached hydrogens (primary N) is 1. The number of ether oxygens (including phenoxy) is 1. The Morgan fingerprint density at radius 3 is 3.00 bits per heavy atom. The van der Waals surface area contributed by atoms with Gasteiger partial charge in [0, 0.05) is 11.6 Å². The van der Waals surface area contributed by atoms with Crippen LogP contribution in [-0.2, 0) is 0 Å². The number of rotatable bonds is 4. The van der Waals surface area contributed by atoms with Crippen LogP contribution in [0.25, 0.3) is 0 Å². The molecule has 1 aromatic rings. The second-order valence-electron chi connectivity index (χ2n) is 4.86. The number of carbonyl (C=O) groups excluding carboxylic acids is 1. The average Bonchev–Trinajstić information content (AvgIpc) is 2.86. The lowest BCUT2D eigenvalue weighted by molar-refractivity contribution is 0.0928. The van der Waals surface area contributed by atoms with Gasteiger partial charge in [0.2, 0.25) is 0 Å². The van der Waals surface area contributed by atoms with Crippen LogP contribution in [0.1, 0.15) is 29.6 Å². The maximum absolute atomic E-state index is 13.3. The molecule has 2 unspecified atom stereocenters. The molecule has 104 valence electrons. The number of carbonyl (C=O) groups is 1. The second-order valence-corrected chi connectivity index (χ2v) is 4.86. The Kier molecular flexibility index (Phi) is 4.37. The van der Waals surface area contributed by atoms with E-state index in [1.54, 1.807) is 0 Å². The summed E-state index contributed by atoms with van der Waals surface area (Å²) in [5.74, 6) is -0.260. The van der Waals surface area contributed by atoms with Gasteiger partial charge in [0.05, 0.1) is 7.11 Å². The van der Waals surface area contributed by atoms with Crippen LogP contribution in [0.3, 0.4) is 0 Å². The molecule has 1 amide bonds. The summed E-state index contributed by atoms with van der Waals surface area (Å²) >= 11 is 0. The van der Waals surface area contributed by atoms with Crippen LogP contribution < -0.4 is 15.8 Å². The summed E-state index contributed by atoms with van der Waals surface area (Å²) in [5.41, 5.74) is 6.09. The van der Waals surface area contributed by atoms with E-state index < -0.39 is 5.82 Å². The van der Waals surface area contributed by atoms with Crippen LogP contribution in [0.15, 0.2) is 18.2 Å². The van der Waals surface area contributed by atoms with Crippen molar-refractivity contribution in [1.29, 1.82) is 0 Å². The van der Waals surface area contributed by atoms with Gasteiger partial charge in [0.15, 0.2) is 11.6 Å². The molecule has 4 nitrogen and oxygen atoms in total. The first-order chi connectivity index (χ1) is 9.15. The van der Waals surface area contributed by atoms with E-state index in [4.69, 9.17) is 10.5 Å². The van der Waals surface area contributed by atoms with Crippen LogP contribution in [0.4, 0.5) is 4.39 Å². The predicted molar refractivity (Wildman–Crippen MR) is 70.6 cm³/mol. The van der Waals surface area contributed by atoms with E-state index in [-0.39, 0.29) is 17.7 Å². The van der Waals surface area contributed by atoms with E-state index in [1.807, 2.05) is 0 Å². The monoisotopic (exact) mass is 266 g/mol. The average molecular weight is 266 g/mol. The van der Waals surface area contributed by atoms with E-state index >= 15 is 0 Å². The van der Waals surface area contributed by atoms with Gasteiger partial charge in [0.25, 0.3) is 5.91 Å². The molecule has 2 rings (SSSR count). The quantitative estimate of drug-likeness (QED) is 0.871. The third-order valence-electron chi connectivity index (χ3n) is 3.69. The number of benzene rings is 1. The van der Waals surface area contributed by atoms with Gasteiger partial charge in [-0.2, -0.15) is 0 Å². The first-order valence-electron chi connectivity index (χ1n) is 6.50. The fourth-order valence-corrected chi connectivity index (χ4v) is 2.56. The van der Waals surface area contributed by atoms with Crippen molar-refractivity contribution in [3.8, 4) is 5.75 Å². The molecular weight excluding hydrogens is 247 g/mol. The Bertz CT molecular complexity index is 465. The van der Waals surface area contributed by atoms with Gasteiger partial charge in [-0.15, -0.1) is 0 Å². The van der Waals surface area contributed by atoms with Crippen LogP contribution in [0.5, 0.6) is 5.75 Å². The Balaban J connectivity index is 2.07. The molecule has 1 aliphatic carbocycles. The molecule has 1 aromatic carbocycles. The summed E-state index contributed by atoms with van der Waals surface area (Å²) in [6, 6.07) is 4.23. The van der Waals surface area contributed by atoms with E-state index in [9.17, 15) is 9.18 Å². The highest BCUT2D eigenvalue weighted by Crippen LogP contribution is 2.25. The smallest absolute Gasteiger partial charge is 0.251 e. The van der Waals surface area contributed by atoms with Crippen molar-refractivity contribution in [2.75, 3.05) is 13.7 Å². The number of hydrogen-bond acceptors (Lipinski definition) is 3. The molecule has 0 spiro atoms. The molecule has 19 heavy (non-hydrogen) atoms. The lowest BCUT2D eigenvalue weighted by Crippen LogP contribution is -2.39. The van der Waals surface area contributed by atoms with Crippen molar-refractivity contribution < 1.29 is 13.9 Å². The van der Waals surface area contributed by atoms with Crippen LogP contribution in [0.2, 0.25) is 0 Å². The maximum atomic E-state index is 13.3. The van der Waals surface area contributed by atoms with Gasteiger partial charge >= 0.3 is 0 Å². The third kappa shape index (κ3) is 3.04. The Morgan fingerprint density at radius 1 is 1.53 bits per heavy atom. The van der Waals surface area contributed by atoms with Crippen LogP contribution in [-0.4, -0.2) is 25.6 Å². The molecular formula is C14H19FN2O2. The number of halogens is 1. The third-order valence-corrected chi connectivity index (χ3v) is 3.69. The minimum absolute atomic E-state index is 0.0782. The van der Waals surface area contributed by atoms with Gasteiger partial charge in [-0.25, -0.2) is 4.39 Å². The predicted octanol–water partition coefficient (Wildman–Crippen LogP) is 1.69. The first kappa shape index (κ1) is 13.8. The van der Waals surface area contributed by atoms with E-state index in [1.165, 1.54) is 25.3 Å². The maximum Gasteiger partial charge on any atom is 0.251 e. The molecule has 3 N–H and O–H groups in total. The summed E-state index contributed by atoms with van der Waals surface area (Å²) in [6.45, 7) is 0.581. The highest BCUT2D eigenvalue weighted by Gasteiger charge is 2.27. The summed E-state index contributed by atoms with van der Waals surface area (Å²) in [4.78, 5) is 12.1. The number of hydrogen-bond donors (Lipinski definition) is 2. The largest absolute Gasteiger partial charge is 0.494 e. The molecule has 2 atom stereocenters. The molecule has 0 saturated heterocycles. The zero-order valence-electron chi connectivity index (χ0n) is 11.0. The first-order valence-corrected chi connectivity index (χ1v) is 6.50. The zero-order valence-corrected chi connectivity index (χ0v) is 11.0. The fourth-order valence-electron chi connectivity index (χ4n) is 2.56. The van der Waals surface area contributed by atoms with Crippen molar-refractivity contribution >= 4 is 5.91 Å². The zero-order chi connectivity index (χ0) is 13.8. The summed E-state index contributed by atoms with van der Waals surface area (Å²) in [6.07, 6.45) is 3.08. The normalized spacial score (nSPS) is 22.3. The fraction of sp³-hybridized carbons (Fsp3) is 0.500. The number of nitrogens with one attached hydrogen (secondary N) is 1. The van der Waals surface area contributed by atoms with E-state index in [0.29, 0.717) is 18.0 Å². The lowest BCUT2D eigenvalue weighted by atomic mass is 10.0. The Morgan fingerprint density at radius 2 is 2.32 bits per heavy atom. The van der Waals surface area contributed by atoms with Crippen molar-refractivity contribution in [3.05, 3.63) is 29.6 Å². The van der Waals surface area contributed by atoms with Gasteiger partial charge in [-0.3, -0.25) is 4.79 Å². The molecule has 5 heteroatoms. The van der Waals surface area contributed by atoms with Crippen molar-refractivity contribution in [2.45, 2.75) is 25.3 Å². The van der Waals surface area contributed by atoms with Crippen molar-refractivity contribution in [1.82, 2.24) is 5.32 Å². The topological polar surface area (TPSA) is 64.3 Å². The molecule has 0 aromatic heterocycles. The van der Waals surface area contributed by atoms with Crippen LogP contribution >= 0.6 is 0 Å². The summed E-state index contributed by atoms with van der Waals surface area (Å²) < 4.78 is 18.2. The SMILES string of the molecule is COc1cc(C(=O)NC2CCCC2CN)ccc1F. The molecule has 1 saturated carbocycles. The summed E-state index contributed by atoms with van der Waals surface area (Å²) in [7, 11) is 1.38. The molecule has 0 aliphatic heterocycles. The van der Waals surface area contributed by atoms with Crippen LogP contribution in [0, 0.1) is 11.7 Å². The lowest BCUT2D eigenvalue weighted by Gasteiger charge is -2.19. The molecule has 0 radical (unpaired) electrons. The van der Waals surface area contributed by atoms with Gasteiger partial charge < -0.3 is 15.8 Å². The van der Waals surface area contributed by atoms with Gasteiger partial charge in [-0.1, -0.05) is 6.42 Å². The Labute approximate surface area is 112 Å². The molecule has 1 aliphatic rings. The standard InChI is InChI=1S/C14H19FN2O2/c1-19-13-7-9(5-6-11(13)15)14(18)17-12-4-2-3-10(12)8-16/h5-7,10,12H,2-4,8,16H2,1H3,(H,17,18). The van der Waals surface area contributed by atoms with E-state index in [2.05, 4.69) is 5.32 Å². The second kappa shape index (κ2) is 6.02. The van der Waals surface area contributed by atoms with Crippen molar-refractivity contribution in [3.63, 3.8) is 0 Å². The number of methoxy groups -OCH3 is 1. The Hall–Kier alpha value is -1.62. The molecule has 0 heterocycles. The van der Waals surface area contributed by atoms with Gasteiger partial charge in [0.1, 0.15) is 0 Å². The minimum Gasteiger partial charge on any atom is -0.494 e. The highest BCUT2D eigenvalue weighted by atomic mass is 19.1. The minimum atomic E-state index is -0.472.